The minimum absolute atomic E-state index is 0.0706. The van der Waals surface area contributed by atoms with E-state index in [1.165, 1.54) is 11.8 Å². The monoisotopic (exact) mass is 403 g/mol. The number of nitrogens with one attached hydrogen (secondary N) is 1. The van der Waals surface area contributed by atoms with Crippen LogP contribution >= 0.6 is 11.8 Å². The van der Waals surface area contributed by atoms with Crippen molar-refractivity contribution in [3.63, 3.8) is 0 Å². The molecule has 1 aromatic heterocycles. The van der Waals surface area contributed by atoms with Gasteiger partial charge in [-0.3, -0.25) is 4.79 Å². The summed E-state index contributed by atoms with van der Waals surface area (Å²) in [6, 6.07) is 10.0. The Morgan fingerprint density at radius 2 is 1.93 bits per heavy atom. The first kappa shape index (κ1) is 19.5. The summed E-state index contributed by atoms with van der Waals surface area (Å²) in [7, 11) is 0. The number of H-pyrrole nitrogens is 1. The van der Waals surface area contributed by atoms with Crippen LogP contribution in [0.3, 0.4) is 0 Å². The van der Waals surface area contributed by atoms with Crippen molar-refractivity contribution in [3.05, 3.63) is 75.3 Å². The van der Waals surface area contributed by atoms with Gasteiger partial charge in [-0.1, -0.05) is 30.0 Å². The molecule has 2 aromatic carbocycles. The highest BCUT2D eigenvalue weighted by atomic mass is 32.2. The molecule has 28 heavy (non-hydrogen) atoms. The number of hydrogen-bond donors (Lipinski definition) is 1. The summed E-state index contributed by atoms with van der Waals surface area (Å²) in [6.07, 6.45) is 1.74. The van der Waals surface area contributed by atoms with Gasteiger partial charge in [-0.2, -0.15) is 5.26 Å². The Kier molecular flexibility index (Phi) is 5.70. The molecule has 3 rings (SSSR count). The fourth-order valence-electron chi connectivity index (χ4n) is 2.45. The highest BCUT2D eigenvalue weighted by Crippen LogP contribution is 2.24. The fraction of sp³-hybridized carbons (Fsp3) is 0.105. The molecular formula is C19H12F3N3O2S. The van der Waals surface area contributed by atoms with Gasteiger partial charge in [0, 0.05) is 17.7 Å². The number of aromatic amines is 1. The van der Waals surface area contributed by atoms with Crippen LogP contribution in [0.5, 0.6) is 5.75 Å². The Hall–Kier alpha value is -3.25. The number of nitriles is 1. The van der Waals surface area contributed by atoms with Crippen molar-refractivity contribution in [2.75, 3.05) is 6.26 Å². The molecule has 5 nitrogen and oxygen atoms in total. The molecule has 0 aliphatic rings. The topological polar surface area (TPSA) is 78.8 Å². The maximum atomic E-state index is 13.3. The van der Waals surface area contributed by atoms with Crippen molar-refractivity contribution in [3.8, 4) is 23.1 Å². The molecule has 0 saturated carbocycles. The second kappa shape index (κ2) is 8.19. The molecule has 0 aliphatic carbocycles. The number of thioether (sulfide) groups is 1. The molecule has 0 bridgehead atoms. The Labute approximate surface area is 161 Å². The number of hydrogen-bond acceptors (Lipinski definition) is 5. The molecule has 142 valence electrons. The Bertz CT molecular complexity index is 1120. The number of rotatable bonds is 5. The zero-order chi connectivity index (χ0) is 20.3. The minimum atomic E-state index is -1.57. The van der Waals surface area contributed by atoms with Crippen molar-refractivity contribution in [2.24, 2.45) is 0 Å². The van der Waals surface area contributed by atoms with Gasteiger partial charge >= 0.3 is 0 Å². The lowest BCUT2D eigenvalue weighted by Crippen LogP contribution is -2.14. The first-order valence-corrected chi connectivity index (χ1v) is 9.10. The van der Waals surface area contributed by atoms with E-state index in [1.54, 1.807) is 30.5 Å². The molecule has 1 heterocycles. The summed E-state index contributed by atoms with van der Waals surface area (Å²) in [4.78, 5) is 18.9. The predicted molar refractivity (Wildman–Crippen MR) is 97.4 cm³/mol. The normalized spacial score (nSPS) is 10.5. The lowest BCUT2D eigenvalue weighted by atomic mass is 10.1. The summed E-state index contributed by atoms with van der Waals surface area (Å²) in [5.41, 5.74) is 0.653. The molecule has 3 aromatic rings. The van der Waals surface area contributed by atoms with Crippen LogP contribution in [0.1, 0.15) is 11.1 Å². The largest absolute Gasteiger partial charge is 0.489 e. The van der Waals surface area contributed by atoms with Crippen LogP contribution in [0.25, 0.3) is 11.3 Å². The van der Waals surface area contributed by atoms with Crippen LogP contribution in [0, 0.1) is 28.8 Å². The van der Waals surface area contributed by atoms with Crippen LogP contribution in [0.4, 0.5) is 13.2 Å². The molecule has 0 unspecified atom stereocenters. The summed E-state index contributed by atoms with van der Waals surface area (Å²) in [5.74, 6) is -4.43. The summed E-state index contributed by atoms with van der Waals surface area (Å²) >= 11 is 1.22. The van der Waals surface area contributed by atoms with Crippen LogP contribution in [-0.2, 0) is 6.61 Å². The molecule has 1 N–H and O–H groups in total. The van der Waals surface area contributed by atoms with Gasteiger partial charge in [0.1, 0.15) is 24.0 Å². The Balaban J connectivity index is 1.91. The predicted octanol–water partition coefficient (Wildman–Crippen LogP) is 4.03. The van der Waals surface area contributed by atoms with E-state index in [4.69, 9.17) is 4.74 Å². The van der Waals surface area contributed by atoms with Gasteiger partial charge in [0.15, 0.2) is 22.6 Å². The molecular weight excluding hydrogens is 391 g/mol. The molecule has 0 fully saturated rings. The molecule has 0 atom stereocenters. The number of aromatic nitrogens is 2. The van der Waals surface area contributed by atoms with E-state index in [-0.39, 0.29) is 23.6 Å². The van der Waals surface area contributed by atoms with Gasteiger partial charge in [0.25, 0.3) is 5.56 Å². The first-order valence-electron chi connectivity index (χ1n) is 7.88. The Morgan fingerprint density at radius 1 is 1.21 bits per heavy atom. The molecule has 0 spiro atoms. The SMILES string of the molecule is CSc1nc(-c2cccc(COc3cc(F)c(F)c(F)c3)c2)c(C#N)c(=O)[nH]1. The van der Waals surface area contributed by atoms with E-state index >= 15 is 0 Å². The first-order chi connectivity index (χ1) is 13.4. The summed E-state index contributed by atoms with van der Waals surface area (Å²) < 4.78 is 44.9. The summed E-state index contributed by atoms with van der Waals surface area (Å²) in [6.45, 7) is -0.0706. The van der Waals surface area contributed by atoms with E-state index in [0.29, 0.717) is 16.3 Å². The quantitative estimate of drug-likeness (QED) is 0.395. The minimum Gasteiger partial charge on any atom is -0.489 e. The number of ether oxygens (including phenoxy) is 1. The zero-order valence-electron chi connectivity index (χ0n) is 14.4. The second-order valence-electron chi connectivity index (χ2n) is 5.60. The van der Waals surface area contributed by atoms with Crippen molar-refractivity contribution >= 4 is 11.8 Å². The molecule has 9 heteroatoms. The van der Waals surface area contributed by atoms with E-state index in [9.17, 15) is 23.2 Å². The van der Waals surface area contributed by atoms with Crippen LogP contribution < -0.4 is 10.3 Å². The van der Waals surface area contributed by atoms with Gasteiger partial charge < -0.3 is 9.72 Å². The van der Waals surface area contributed by atoms with E-state index in [2.05, 4.69) is 9.97 Å². The summed E-state index contributed by atoms with van der Waals surface area (Å²) in [5, 5.41) is 9.64. The van der Waals surface area contributed by atoms with Crippen molar-refractivity contribution < 1.29 is 17.9 Å². The average molecular weight is 403 g/mol. The maximum Gasteiger partial charge on any atom is 0.270 e. The van der Waals surface area contributed by atoms with Gasteiger partial charge in [0.2, 0.25) is 0 Å². The highest BCUT2D eigenvalue weighted by molar-refractivity contribution is 7.98. The second-order valence-corrected chi connectivity index (χ2v) is 6.40. The molecule has 0 aliphatic heterocycles. The van der Waals surface area contributed by atoms with E-state index in [0.717, 1.165) is 12.1 Å². The standard InChI is InChI=1S/C19H12F3N3O2S/c1-28-19-24-17(13(8-23)18(26)25-19)11-4-2-3-10(5-11)9-27-12-6-14(20)16(22)15(21)7-12/h2-7H,9H2,1H3,(H,24,25,26). The van der Waals surface area contributed by atoms with E-state index in [1.807, 2.05) is 6.07 Å². The average Bonchev–Trinajstić information content (AvgIpc) is 2.69. The lowest BCUT2D eigenvalue weighted by molar-refractivity contribution is 0.299. The fourth-order valence-corrected chi connectivity index (χ4v) is 2.83. The maximum absolute atomic E-state index is 13.3. The Morgan fingerprint density at radius 3 is 2.57 bits per heavy atom. The number of halogens is 3. The van der Waals surface area contributed by atoms with Crippen molar-refractivity contribution in [1.29, 1.82) is 5.26 Å². The molecule has 0 amide bonds. The molecule has 0 saturated heterocycles. The number of benzene rings is 2. The smallest absolute Gasteiger partial charge is 0.270 e. The third-order valence-electron chi connectivity index (χ3n) is 3.77. The van der Waals surface area contributed by atoms with E-state index < -0.39 is 23.0 Å². The van der Waals surface area contributed by atoms with Gasteiger partial charge in [-0.15, -0.1) is 0 Å². The zero-order valence-corrected chi connectivity index (χ0v) is 15.2. The van der Waals surface area contributed by atoms with Crippen LogP contribution in [0.15, 0.2) is 46.3 Å². The van der Waals surface area contributed by atoms with Crippen LogP contribution in [0.2, 0.25) is 0 Å². The van der Waals surface area contributed by atoms with Gasteiger partial charge in [0.05, 0.1) is 5.69 Å². The lowest BCUT2D eigenvalue weighted by Gasteiger charge is -2.10. The molecule has 0 radical (unpaired) electrons. The third-order valence-corrected chi connectivity index (χ3v) is 4.35. The van der Waals surface area contributed by atoms with Crippen molar-refractivity contribution in [2.45, 2.75) is 11.8 Å². The van der Waals surface area contributed by atoms with Gasteiger partial charge in [-0.05, 0) is 17.9 Å². The number of nitrogens with zero attached hydrogens (tertiary/aromatic N) is 2. The van der Waals surface area contributed by atoms with Gasteiger partial charge in [-0.25, -0.2) is 18.2 Å². The highest BCUT2D eigenvalue weighted by Gasteiger charge is 2.14. The van der Waals surface area contributed by atoms with Crippen molar-refractivity contribution in [1.82, 2.24) is 9.97 Å². The van der Waals surface area contributed by atoms with Crippen LogP contribution in [-0.4, -0.2) is 16.2 Å². The third kappa shape index (κ3) is 4.02.